The van der Waals surface area contributed by atoms with Crippen molar-refractivity contribution in [1.82, 2.24) is 44.6 Å². The molecule has 340 valence electrons. The lowest BCUT2D eigenvalue weighted by molar-refractivity contribution is -0.154. The molecule has 0 bridgehead atoms. The Morgan fingerprint density at radius 1 is 0.938 bits per heavy atom. The fourth-order valence-corrected chi connectivity index (χ4v) is 8.69. The second-order valence-electron chi connectivity index (χ2n) is 17.0. The fourth-order valence-electron chi connectivity index (χ4n) is 7.85. The summed E-state index contributed by atoms with van der Waals surface area (Å²) >= 11 is 1.46. The number of likely N-dealkylation sites (tertiary alicyclic amines) is 2. The number of para-hydroxylation sites is 2. The molecule has 0 aliphatic carbocycles. The number of hydrogen-bond acceptors (Lipinski definition) is 15. The molecule has 0 spiro atoms. The van der Waals surface area contributed by atoms with Crippen molar-refractivity contribution in [1.29, 1.82) is 0 Å². The number of ketones is 1. The van der Waals surface area contributed by atoms with E-state index in [-0.39, 0.29) is 11.9 Å². The number of hydrogen-bond donors (Lipinski definition) is 5. The van der Waals surface area contributed by atoms with Gasteiger partial charge in [-0.1, -0.05) is 45.0 Å². The Bertz CT molecular complexity index is 2430. The van der Waals surface area contributed by atoms with Crippen molar-refractivity contribution in [2.24, 2.45) is 5.41 Å². The van der Waals surface area contributed by atoms with Gasteiger partial charge in [0.2, 0.25) is 35.4 Å². The van der Waals surface area contributed by atoms with Gasteiger partial charge in [0.25, 0.3) is 5.91 Å². The molecule has 3 amide bonds. The Balaban J connectivity index is 1.02. The number of nitrogens with zero attached hydrogens (tertiary/aromatic N) is 8. The van der Waals surface area contributed by atoms with Gasteiger partial charge in [-0.2, -0.15) is 15.0 Å². The van der Waals surface area contributed by atoms with Crippen LogP contribution in [0.1, 0.15) is 69.0 Å². The van der Waals surface area contributed by atoms with Gasteiger partial charge < -0.3 is 46.1 Å². The van der Waals surface area contributed by atoms with Crippen molar-refractivity contribution in [2.45, 2.75) is 97.3 Å². The van der Waals surface area contributed by atoms with Crippen LogP contribution in [0.3, 0.4) is 0 Å². The number of nitrogen functional groups attached to an aromatic ring is 1. The van der Waals surface area contributed by atoms with Gasteiger partial charge in [-0.15, -0.1) is 11.3 Å². The second-order valence-corrected chi connectivity index (χ2v) is 18.1. The van der Waals surface area contributed by atoms with Crippen molar-refractivity contribution in [3.05, 3.63) is 71.0 Å². The highest BCUT2D eigenvalue weighted by molar-refractivity contribution is 7.15. The number of rotatable bonds is 20. The molecule has 2 aliphatic rings. The third kappa shape index (κ3) is 11.0. The molecular formula is C45H59N13O5S. The van der Waals surface area contributed by atoms with Gasteiger partial charge in [-0.3, -0.25) is 19.2 Å². The quantitative estimate of drug-likeness (QED) is 0.0680. The Kier molecular flexibility index (Phi) is 14.6. The van der Waals surface area contributed by atoms with E-state index in [1.54, 1.807) is 25.9 Å². The maximum atomic E-state index is 14.3. The maximum absolute atomic E-state index is 14.3. The van der Waals surface area contributed by atoms with Crippen LogP contribution in [-0.4, -0.2) is 121 Å². The molecule has 64 heavy (non-hydrogen) atoms. The minimum atomic E-state index is -0.869. The number of piperidine rings is 1. The summed E-state index contributed by atoms with van der Waals surface area (Å²) in [6.07, 6.45) is 5.66. The Morgan fingerprint density at radius 2 is 1.66 bits per heavy atom. The molecule has 0 unspecified atom stereocenters. The number of Topliss-reactive ketones (excluding diaryl/α,β-unsaturated/α-hetero) is 1. The van der Waals surface area contributed by atoms with Gasteiger partial charge in [0.1, 0.15) is 17.8 Å². The average Bonchev–Trinajstić information content (AvgIpc) is 3.85. The number of nitrogens with two attached hydrogens (primary N) is 1. The molecule has 7 rings (SSSR count). The molecule has 19 heteroatoms. The minimum Gasteiger partial charge on any atom is -0.497 e. The number of carbonyl (C=O) groups is 4. The molecule has 3 aromatic heterocycles. The molecule has 5 aromatic rings. The van der Waals surface area contributed by atoms with Gasteiger partial charge in [-0.25, -0.2) is 9.97 Å². The van der Waals surface area contributed by atoms with E-state index in [4.69, 9.17) is 10.5 Å². The molecular weight excluding hydrogens is 835 g/mol. The van der Waals surface area contributed by atoms with Crippen LogP contribution in [0.2, 0.25) is 0 Å². The molecule has 2 atom stereocenters. The van der Waals surface area contributed by atoms with E-state index >= 15 is 0 Å². The first-order valence-corrected chi connectivity index (χ1v) is 22.8. The molecule has 2 aliphatic heterocycles. The number of anilines is 4. The number of fused-ring (bicyclic) bond motifs is 1. The van der Waals surface area contributed by atoms with Crippen molar-refractivity contribution in [3.63, 3.8) is 0 Å². The van der Waals surface area contributed by atoms with Gasteiger partial charge in [0.05, 0.1) is 36.2 Å². The summed E-state index contributed by atoms with van der Waals surface area (Å²) in [5.74, 6) is 0.00250. The lowest BCUT2D eigenvalue weighted by atomic mass is 9.84. The molecule has 18 nitrogen and oxygen atoms in total. The summed E-state index contributed by atoms with van der Waals surface area (Å²) in [7, 11) is 1.60. The van der Waals surface area contributed by atoms with E-state index in [2.05, 4.69) is 50.8 Å². The third-order valence-electron chi connectivity index (χ3n) is 12.1. The SMILES string of the molecule is CCC(C)(C)C(=O)C(=O)N1CCCC[C@H]1C(=O)N[C@H](CCc1ccc(OC)cc1)C(=O)N1CC(Nc2nc(NCCc3sc(N)nc3C)nc(NCCn3cnc4ccccc43)n2)C1. The second kappa shape index (κ2) is 20.4. The normalized spacial score (nSPS) is 15.9. The van der Waals surface area contributed by atoms with E-state index in [1.807, 2.05) is 68.7 Å². The Labute approximate surface area is 377 Å². The molecule has 2 fully saturated rings. The van der Waals surface area contributed by atoms with E-state index in [0.29, 0.717) is 101 Å². The predicted molar refractivity (Wildman–Crippen MR) is 247 cm³/mol. The number of benzene rings is 2. The number of imidazole rings is 1. The van der Waals surface area contributed by atoms with Crippen molar-refractivity contribution in [3.8, 4) is 5.75 Å². The first-order valence-electron chi connectivity index (χ1n) is 22.0. The lowest BCUT2D eigenvalue weighted by Gasteiger charge is -2.42. The number of thiazole rings is 1. The zero-order chi connectivity index (χ0) is 45.4. The first-order chi connectivity index (χ1) is 30.8. The zero-order valence-electron chi connectivity index (χ0n) is 37.2. The van der Waals surface area contributed by atoms with Crippen molar-refractivity contribution < 1.29 is 23.9 Å². The number of carbonyl (C=O) groups excluding carboxylic acids is 4. The fraction of sp³-hybridized carbons (Fsp3) is 0.489. The van der Waals surface area contributed by atoms with Crippen LogP contribution >= 0.6 is 11.3 Å². The highest BCUT2D eigenvalue weighted by Crippen LogP contribution is 2.27. The molecule has 6 N–H and O–H groups in total. The summed E-state index contributed by atoms with van der Waals surface area (Å²) in [6, 6.07) is 13.7. The van der Waals surface area contributed by atoms with Gasteiger partial charge in [0, 0.05) is 56.0 Å². The molecule has 0 saturated carbocycles. The number of aryl methyl sites for hydroxylation is 2. The monoisotopic (exact) mass is 893 g/mol. The summed E-state index contributed by atoms with van der Waals surface area (Å²) in [6.45, 7) is 10.00. The Hall–Kier alpha value is -6.37. The molecule has 5 heterocycles. The van der Waals surface area contributed by atoms with Crippen LogP contribution in [0.15, 0.2) is 54.9 Å². The minimum absolute atomic E-state index is 0.176. The average molecular weight is 894 g/mol. The standard InChI is InChI=1S/C45H59N13O5S/c1-6-45(3,4)37(59)40(62)58-23-10-9-13-35(58)38(60)52-33(19-16-29-14-17-31(63-5)18-15-29)39(61)57-25-30(26-57)51-44-54-42(47-21-20-36-28(2)50-41(46)64-36)53-43(55-44)48-22-24-56-27-49-32-11-7-8-12-34(32)56/h7-8,11-12,14-15,17-18,27,30,33,35H,6,9-10,13,16,19-26H2,1-5H3,(H2,46,50)(H,52,60)(H3,47,48,51,53,54,55)/t33-,35+/m1/s1. The van der Waals surface area contributed by atoms with Crippen LogP contribution in [-0.2, 0) is 38.6 Å². The summed E-state index contributed by atoms with van der Waals surface area (Å²) in [5.41, 5.74) is 8.91. The van der Waals surface area contributed by atoms with Crippen LogP contribution in [0.5, 0.6) is 5.75 Å². The summed E-state index contributed by atoms with van der Waals surface area (Å²) < 4.78 is 7.39. The zero-order valence-corrected chi connectivity index (χ0v) is 38.0. The van der Waals surface area contributed by atoms with Gasteiger partial charge >= 0.3 is 0 Å². The van der Waals surface area contributed by atoms with Crippen molar-refractivity contribution in [2.75, 3.05) is 61.5 Å². The maximum Gasteiger partial charge on any atom is 0.291 e. The van der Waals surface area contributed by atoms with Gasteiger partial charge in [0.15, 0.2) is 5.13 Å². The predicted octanol–water partition coefficient (Wildman–Crippen LogP) is 4.47. The molecule has 2 saturated heterocycles. The highest BCUT2D eigenvalue weighted by Gasteiger charge is 2.42. The van der Waals surface area contributed by atoms with Crippen LogP contribution in [0.25, 0.3) is 11.0 Å². The van der Waals surface area contributed by atoms with E-state index < -0.39 is 35.1 Å². The number of nitrogens with one attached hydrogen (secondary N) is 4. The van der Waals surface area contributed by atoms with Crippen LogP contribution in [0.4, 0.5) is 23.0 Å². The topological polar surface area (TPSA) is 228 Å². The van der Waals surface area contributed by atoms with Crippen LogP contribution < -0.4 is 31.7 Å². The van der Waals surface area contributed by atoms with E-state index in [0.717, 1.165) is 39.3 Å². The van der Waals surface area contributed by atoms with Gasteiger partial charge in [-0.05, 0) is 75.3 Å². The number of amides is 3. The van der Waals surface area contributed by atoms with E-state index in [9.17, 15) is 19.2 Å². The summed E-state index contributed by atoms with van der Waals surface area (Å²) in [4.78, 5) is 82.2. The third-order valence-corrected chi connectivity index (χ3v) is 13.2. The highest BCUT2D eigenvalue weighted by atomic mass is 32.1. The Morgan fingerprint density at radius 3 is 2.36 bits per heavy atom. The largest absolute Gasteiger partial charge is 0.497 e. The lowest BCUT2D eigenvalue weighted by Crippen LogP contribution is -2.63. The smallest absolute Gasteiger partial charge is 0.291 e. The number of ether oxygens (including phenoxy) is 1. The molecule has 2 aromatic carbocycles. The van der Waals surface area contributed by atoms with E-state index in [1.165, 1.54) is 16.2 Å². The number of aromatic nitrogens is 6. The molecule has 0 radical (unpaired) electrons. The van der Waals surface area contributed by atoms with Crippen LogP contribution in [0, 0.1) is 12.3 Å². The summed E-state index contributed by atoms with van der Waals surface area (Å²) in [5, 5.41) is 13.6. The first kappa shape index (κ1) is 45.6. The van der Waals surface area contributed by atoms with Crippen molar-refractivity contribution >= 4 is 68.9 Å². The number of methoxy groups -OCH3 is 1.